The van der Waals surface area contributed by atoms with Crippen molar-refractivity contribution in [2.45, 2.75) is 24.3 Å². The molecule has 0 bridgehead atoms. The molecule has 1 heterocycles. The highest BCUT2D eigenvalue weighted by molar-refractivity contribution is 7.89. The van der Waals surface area contributed by atoms with Crippen LogP contribution in [0.4, 0.5) is 0 Å². The van der Waals surface area contributed by atoms with Crippen LogP contribution in [0.3, 0.4) is 0 Å². The second-order valence-electron chi connectivity index (χ2n) is 8.20. The maximum Gasteiger partial charge on any atom is 0.242 e. The van der Waals surface area contributed by atoms with Gasteiger partial charge in [-0.15, -0.1) is 0 Å². The molecule has 0 unspecified atom stereocenters. The van der Waals surface area contributed by atoms with Crippen molar-refractivity contribution in [1.29, 1.82) is 0 Å². The highest BCUT2D eigenvalue weighted by Crippen LogP contribution is 2.34. The van der Waals surface area contributed by atoms with Gasteiger partial charge in [0.2, 0.25) is 15.9 Å². The van der Waals surface area contributed by atoms with Gasteiger partial charge in [-0.25, -0.2) is 18.6 Å². The van der Waals surface area contributed by atoms with Crippen molar-refractivity contribution in [2.75, 3.05) is 0 Å². The number of furan rings is 1. The lowest BCUT2D eigenvalue weighted by Gasteiger charge is -2.18. The fourth-order valence-electron chi connectivity index (χ4n) is 3.55. The molecule has 10 heteroatoms. The molecule has 1 aromatic heterocycles. The molecule has 0 radical (unpaired) electrons. The first-order chi connectivity index (χ1) is 17.7. The zero-order valence-electron chi connectivity index (χ0n) is 19.7. The molecule has 37 heavy (non-hydrogen) atoms. The zero-order valence-corrected chi connectivity index (χ0v) is 22.0. The molecule has 2 N–H and O–H groups in total. The number of hydrogen-bond acceptors (Lipinski definition) is 5. The summed E-state index contributed by atoms with van der Waals surface area (Å²) in [5.74, 6) is 0.391. The quantitative estimate of drug-likeness (QED) is 0.192. The number of nitrogens with one attached hydrogen (secondary N) is 2. The normalized spacial score (nSPS) is 12.5. The van der Waals surface area contributed by atoms with Gasteiger partial charge in [0.15, 0.2) is 0 Å². The summed E-state index contributed by atoms with van der Waals surface area (Å²) in [4.78, 5) is 12.8. The molecule has 0 aliphatic carbocycles. The molecule has 0 saturated heterocycles. The number of hydrogen-bond donors (Lipinski definition) is 2. The van der Waals surface area contributed by atoms with Crippen molar-refractivity contribution >= 4 is 45.3 Å². The maximum absolute atomic E-state index is 13.0. The third kappa shape index (κ3) is 6.87. The third-order valence-corrected chi connectivity index (χ3v) is 7.75. The van der Waals surface area contributed by atoms with Crippen LogP contribution in [-0.2, 0) is 14.8 Å². The molecule has 0 aliphatic rings. The Labute approximate surface area is 225 Å². The first kappa shape index (κ1) is 26.6. The molecular weight excluding hydrogens is 533 g/mol. The second-order valence-corrected chi connectivity index (χ2v) is 10.7. The predicted octanol–water partition coefficient (Wildman–Crippen LogP) is 6.12. The van der Waals surface area contributed by atoms with Gasteiger partial charge in [0, 0.05) is 12.0 Å². The van der Waals surface area contributed by atoms with Crippen molar-refractivity contribution < 1.29 is 17.6 Å². The lowest BCUT2D eigenvalue weighted by molar-refractivity contribution is -0.121. The van der Waals surface area contributed by atoms with Crippen LogP contribution in [0.25, 0.3) is 11.3 Å². The molecule has 0 fully saturated rings. The van der Waals surface area contributed by atoms with Crippen LogP contribution in [0.5, 0.6) is 0 Å². The van der Waals surface area contributed by atoms with E-state index in [1.54, 1.807) is 66.7 Å². The summed E-state index contributed by atoms with van der Waals surface area (Å²) in [6.07, 6.45) is 1.17. The molecule has 0 aliphatic heterocycles. The lowest BCUT2D eigenvalue weighted by Crippen LogP contribution is -2.32. The number of amides is 1. The van der Waals surface area contributed by atoms with Crippen molar-refractivity contribution in [1.82, 2.24) is 10.1 Å². The van der Waals surface area contributed by atoms with Crippen LogP contribution < -0.4 is 10.1 Å². The number of sulfonamides is 1. The summed E-state index contributed by atoms with van der Waals surface area (Å²) in [5.41, 5.74) is 4.64. The maximum atomic E-state index is 13.0. The number of aryl methyl sites for hydroxylation is 1. The van der Waals surface area contributed by atoms with Crippen molar-refractivity contribution in [3.05, 3.63) is 112 Å². The van der Waals surface area contributed by atoms with Gasteiger partial charge in [-0.1, -0.05) is 77.3 Å². The molecule has 4 rings (SSSR count). The molecule has 7 nitrogen and oxygen atoms in total. The SMILES string of the molecule is Cc1ccc(S(=O)(=O)N[C@H](CC(=O)N/N=C\c2ccc(-c3cccc(Cl)c3Cl)o2)c2ccccc2)cc1. The molecule has 3 aromatic carbocycles. The fourth-order valence-corrected chi connectivity index (χ4v) is 5.16. The number of rotatable bonds is 9. The van der Waals surface area contributed by atoms with Gasteiger partial charge in [-0.3, -0.25) is 4.79 Å². The van der Waals surface area contributed by atoms with Crippen molar-refractivity contribution in [3.63, 3.8) is 0 Å². The molecule has 190 valence electrons. The van der Waals surface area contributed by atoms with Crippen molar-refractivity contribution in [2.24, 2.45) is 5.10 Å². The van der Waals surface area contributed by atoms with E-state index in [1.165, 1.54) is 18.3 Å². The minimum absolute atomic E-state index is 0.117. The first-order valence-electron chi connectivity index (χ1n) is 11.2. The number of carbonyl (C=O) groups is 1. The van der Waals surface area contributed by atoms with Crippen LogP contribution in [0.15, 0.2) is 99.3 Å². The monoisotopic (exact) mass is 555 g/mol. The second kappa shape index (κ2) is 11.7. The van der Waals surface area contributed by atoms with E-state index in [1.807, 2.05) is 13.0 Å². The number of carbonyl (C=O) groups excluding carboxylic acids is 1. The number of benzene rings is 3. The lowest BCUT2D eigenvalue weighted by atomic mass is 10.0. The summed E-state index contributed by atoms with van der Waals surface area (Å²) in [6.45, 7) is 1.87. The predicted molar refractivity (Wildman–Crippen MR) is 145 cm³/mol. The van der Waals surface area contributed by atoms with E-state index in [2.05, 4.69) is 15.2 Å². The Morgan fingerprint density at radius 2 is 1.70 bits per heavy atom. The Balaban J connectivity index is 1.44. The van der Waals surface area contributed by atoms with Crippen LogP contribution in [-0.4, -0.2) is 20.5 Å². The summed E-state index contributed by atoms with van der Waals surface area (Å²) in [5, 5.41) is 4.72. The van der Waals surface area contributed by atoms with E-state index in [4.69, 9.17) is 27.6 Å². The summed E-state index contributed by atoms with van der Waals surface area (Å²) in [7, 11) is -3.87. The van der Waals surface area contributed by atoms with Gasteiger partial charge in [0.25, 0.3) is 0 Å². The highest BCUT2D eigenvalue weighted by atomic mass is 35.5. The third-order valence-electron chi connectivity index (χ3n) is 5.45. The van der Waals surface area contributed by atoms with Crippen LogP contribution in [0.1, 0.15) is 29.3 Å². The smallest absolute Gasteiger partial charge is 0.242 e. The number of halogens is 2. The zero-order chi connectivity index (χ0) is 26.4. The van der Waals surface area contributed by atoms with Crippen LogP contribution >= 0.6 is 23.2 Å². The summed E-state index contributed by atoms with van der Waals surface area (Å²) < 4.78 is 34.3. The van der Waals surface area contributed by atoms with E-state index < -0.39 is 22.0 Å². The number of nitrogens with zero attached hydrogens (tertiary/aromatic N) is 1. The Bertz CT molecular complexity index is 1520. The van der Waals surface area contributed by atoms with Gasteiger partial charge in [0.05, 0.1) is 27.2 Å². The van der Waals surface area contributed by atoms with Crippen LogP contribution in [0, 0.1) is 6.92 Å². The topological polar surface area (TPSA) is 101 Å². The van der Waals surface area contributed by atoms with E-state index in [0.29, 0.717) is 32.7 Å². The van der Waals surface area contributed by atoms with E-state index in [-0.39, 0.29) is 11.3 Å². The van der Waals surface area contributed by atoms with E-state index >= 15 is 0 Å². The Morgan fingerprint density at radius 3 is 2.43 bits per heavy atom. The van der Waals surface area contributed by atoms with Crippen LogP contribution in [0.2, 0.25) is 10.0 Å². The average molecular weight is 556 g/mol. The largest absolute Gasteiger partial charge is 0.455 e. The molecule has 4 aromatic rings. The van der Waals surface area contributed by atoms with Gasteiger partial charge < -0.3 is 4.42 Å². The van der Waals surface area contributed by atoms with Gasteiger partial charge in [-0.2, -0.15) is 5.10 Å². The Morgan fingerprint density at radius 1 is 0.973 bits per heavy atom. The molecule has 1 atom stereocenters. The standard InChI is InChI=1S/C27H23Cl2N3O4S/c1-18-10-13-21(14-11-18)37(34,35)32-24(19-6-3-2-4-7-19)16-26(33)31-30-17-20-12-15-25(36-20)22-8-5-9-23(28)27(22)29/h2-15,17,24,32H,16H2,1H3,(H,31,33)/b30-17-/t24-/m1/s1. The molecule has 0 saturated carbocycles. The first-order valence-corrected chi connectivity index (χ1v) is 13.5. The minimum Gasteiger partial charge on any atom is -0.455 e. The van der Waals surface area contributed by atoms with Gasteiger partial charge in [-0.05, 0) is 48.9 Å². The Hall–Kier alpha value is -3.43. The molecular formula is C27H23Cl2N3O4S. The fraction of sp³-hybridized carbons (Fsp3) is 0.111. The van der Waals surface area contributed by atoms with Gasteiger partial charge in [0.1, 0.15) is 11.5 Å². The Kier molecular flexibility index (Phi) is 8.45. The average Bonchev–Trinajstić information content (AvgIpc) is 3.34. The molecule has 1 amide bonds. The summed E-state index contributed by atoms with van der Waals surface area (Å²) >= 11 is 12.3. The summed E-state index contributed by atoms with van der Waals surface area (Å²) in [6, 6.07) is 23.2. The van der Waals surface area contributed by atoms with E-state index in [0.717, 1.165) is 5.56 Å². The minimum atomic E-state index is -3.87. The highest BCUT2D eigenvalue weighted by Gasteiger charge is 2.23. The van der Waals surface area contributed by atoms with Crippen molar-refractivity contribution in [3.8, 4) is 11.3 Å². The number of hydrazone groups is 1. The van der Waals surface area contributed by atoms with E-state index in [9.17, 15) is 13.2 Å². The van der Waals surface area contributed by atoms with Gasteiger partial charge >= 0.3 is 0 Å². The molecule has 0 spiro atoms.